The van der Waals surface area contributed by atoms with Gasteiger partial charge in [-0.1, -0.05) is 6.58 Å². The number of carbonyl (C=O) groups excluding carboxylic acids is 1. The topological polar surface area (TPSA) is 26.3 Å². The summed E-state index contributed by atoms with van der Waals surface area (Å²) in [4.78, 5) is 12.1. The average molecular weight is 248 g/mol. The summed E-state index contributed by atoms with van der Waals surface area (Å²) in [5.74, 6) is 2.39. The molecule has 2 heteroatoms. The van der Waals surface area contributed by atoms with Crippen LogP contribution in [0.15, 0.2) is 12.2 Å². The van der Waals surface area contributed by atoms with Gasteiger partial charge in [-0.3, -0.25) is 0 Å². The van der Waals surface area contributed by atoms with Crippen molar-refractivity contribution in [2.75, 3.05) is 0 Å². The van der Waals surface area contributed by atoms with E-state index in [1.54, 1.807) is 0 Å². The number of hydrogen-bond acceptors (Lipinski definition) is 2. The van der Waals surface area contributed by atoms with Gasteiger partial charge in [0.2, 0.25) is 0 Å². The first-order valence-corrected chi connectivity index (χ1v) is 7.39. The van der Waals surface area contributed by atoms with Crippen molar-refractivity contribution in [2.45, 2.75) is 58.5 Å². The lowest BCUT2D eigenvalue weighted by Gasteiger charge is -2.57. The van der Waals surface area contributed by atoms with Gasteiger partial charge >= 0.3 is 5.97 Å². The van der Waals surface area contributed by atoms with Gasteiger partial charge in [-0.2, -0.15) is 0 Å². The van der Waals surface area contributed by atoms with Crippen LogP contribution in [0.1, 0.15) is 52.4 Å². The van der Waals surface area contributed by atoms with Crippen molar-refractivity contribution in [3.63, 3.8) is 0 Å². The van der Waals surface area contributed by atoms with Crippen LogP contribution in [-0.2, 0) is 9.53 Å². The monoisotopic (exact) mass is 248 g/mol. The number of ether oxygens (including phenoxy) is 1. The van der Waals surface area contributed by atoms with Crippen LogP contribution in [0.5, 0.6) is 0 Å². The normalized spacial score (nSPS) is 41.2. The summed E-state index contributed by atoms with van der Waals surface area (Å²) in [6.07, 6.45) is 7.70. The smallest absolute Gasteiger partial charge is 0.334 e. The zero-order valence-corrected chi connectivity index (χ0v) is 11.6. The number of carbonyl (C=O) groups is 1. The predicted octanol–water partition coefficient (Wildman–Crippen LogP) is 3.71. The second-order valence-corrected chi connectivity index (χ2v) is 7.13. The lowest BCUT2D eigenvalue weighted by atomic mass is 9.48. The highest BCUT2D eigenvalue weighted by atomic mass is 16.5. The van der Waals surface area contributed by atoms with Crippen LogP contribution in [0, 0.1) is 23.2 Å². The van der Waals surface area contributed by atoms with E-state index in [9.17, 15) is 4.79 Å². The SMILES string of the molecule is C=C(C(=O)OC(C)C)C12CC3CC(CC(C3)C1)C2. The lowest BCUT2D eigenvalue weighted by Crippen LogP contribution is -2.48. The standard InChI is InChI=1S/C16H24O2/c1-10(2)18-15(17)11(3)16-7-12-4-13(8-16)6-14(5-12)9-16/h10,12-14H,3-9H2,1-2H3. The average Bonchev–Trinajstić information content (AvgIpc) is 2.25. The van der Waals surface area contributed by atoms with Crippen LogP contribution in [0.2, 0.25) is 0 Å². The van der Waals surface area contributed by atoms with E-state index < -0.39 is 0 Å². The Morgan fingerprint density at radius 1 is 1.11 bits per heavy atom. The van der Waals surface area contributed by atoms with E-state index >= 15 is 0 Å². The minimum Gasteiger partial charge on any atom is -0.460 e. The largest absolute Gasteiger partial charge is 0.460 e. The third kappa shape index (κ3) is 1.90. The molecule has 4 bridgehead atoms. The number of esters is 1. The fourth-order valence-electron chi connectivity index (χ4n) is 4.98. The van der Waals surface area contributed by atoms with E-state index in [0.29, 0.717) is 0 Å². The first-order chi connectivity index (χ1) is 8.48. The minimum atomic E-state index is -0.146. The second kappa shape index (κ2) is 4.11. The zero-order chi connectivity index (χ0) is 12.9. The first kappa shape index (κ1) is 12.3. The van der Waals surface area contributed by atoms with Crippen LogP contribution >= 0.6 is 0 Å². The summed E-state index contributed by atoms with van der Waals surface area (Å²) in [5.41, 5.74) is 0.871. The third-order valence-corrected chi connectivity index (χ3v) is 5.27. The van der Waals surface area contributed by atoms with Crippen LogP contribution in [-0.4, -0.2) is 12.1 Å². The molecule has 4 aliphatic rings. The molecule has 0 radical (unpaired) electrons. The van der Waals surface area contributed by atoms with Crippen molar-refractivity contribution in [3.8, 4) is 0 Å². The summed E-state index contributed by atoms with van der Waals surface area (Å²) in [7, 11) is 0. The summed E-state index contributed by atoms with van der Waals surface area (Å²) < 4.78 is 5.36. The highest BCUT2D eigenvalue weighted by Gasteiger charge is 2.53. The third-order valence-electron chi connectivity index (χ3n) is 5.27. The molecule has 2 nitrogen and oxygen atoms in total. The highest BCUT2D eigenvalue weighted by molar-refractivity contribution is 5.89. The molecule has 18 heavy (non-hydrogen) atoms. The van der Waals surface area contributed by atoms with Crippen molar-refractivity contribution in [2.24, 2.45) is 23.2 Å². The Morgan fingerprint density at radius 3 is 1.94 bits per heavy atom. The molecule has 0 unspecified atom stereocenters. The second-order valence-electron chi connectivity index (χ2n) is 7.13. The summed E-state index contributed by atoms with van der Waals surface area (Å²) in [6.45, 7) is 7.94. The highest BCUT2D eigenvalue weighted by Crippen LogP contribution is 2.62. The molecule has 0 N–H and O–H groups in total. The van der Waals surface area contributed by atoms with Gasteiger partial charge in [0.25, 0.3) is 0 Å². The minimum absolute atomic E-state index is 0.0387. The maximum atomic E-state index is 12.1. The van der Waals surface area contributed by atoms with Crippen LogP contribution in [0.4, 0.5) is 0 Å². The maximum absolute atomic E-state index is 12.1. The van der Waals surface area contributed by atoms with Gasteiger partial charge in [0.15, 0.2) is 0 Å². The zero-order valence-electron chi connectivity index (χ0n) is 11.6. The van der Waals surface area contributed by atoms with Gasteiger partial charge in [0.05, 0.1) is 6.10 Å². The van der Waals surface area contributed by atoms with Gasteiger partial charge in [0, 0.05) is 11.0 Å². The summed E-state index contributed by atoms with van der Waals surface area (Å²) in [6, 6.07) is 0. The Morgan fingerprint density at radius 2 is 1.56 bits per heavy atom. The molecule has 4 aliphatic carbocycles. The Kier molecular flexibility index (Phi) is 2.80. The summed E-state index contributed by atoms with van der Waals surface area (Å²) >= 11 is 0. The Labute approximate surface area is 110 Å². The molecule has 0 spiro atoms. The Bertz CT molecular complexity index is 345. The number of rotatable bonds is 3. The van der Waals surface area contributed by atoms with Crippen molar-refractivity contribution < 1.29 is 9.53 Å². The molecule has 0 aromatic carbocycles. The van der Waals surface area contributed by atoms with E-state index in [-0.39, 0.29) is 17.5 Å². The van der Waals surface area contributed by atoms with E-state index in [2.05, 4.69) is 6.58 Å². The van der Waals surface area contributed by atoms with Crippen molar-refractivity contribution in [3.05, 3.63) is 12.2 Å². The molecule has 0 aromatic rings. The van der Waals surface area contributed by atoms with Crippen molar-refractivity contribution in [1.29, 1.82) is 0 Å². The molecule has 0 saturated heterocycles. The van der Waals surface area contributed by atoms with Gasteiger partial charge in [-0.05, 0) is 70.1 Å². The molecule has 4 saturated carbocycles. The van der Waals surface area contributed by atoms with E-state index in [4.69, 9.17) is 4.74 Å². The Hall–Kier alpha value is -0.790. The first-order valence-electron chi connectivity index (χ1n) is 7.39. The van der Waals surface area contributed by atoms with E-state index in [0.717, 1.165) is 23.3 Å². The van der Waals surface area contributed by atoms with Crippen LogP contribution < -0.4 is 0 Å². The van der Waals surface area contributed by atoms with Gasteiger partial charge < -0.3 is 4.74 Å². The molecule has 4 rings (SSSR count). The maximum Gasteiger partial charge on any atom is 0.334 e. The predicted molar refractivity (Wildman–Crippen MR) is 71.0 cm³/mol. The van der Waals surface area contributed by atoms with Crippen LogP contribution in [0.3, 0.4) is 0 Å². The molecule has 0 aromatic heterocycles. The van der Waals surface area contributed by atoms with E-state index in [1.807, 2.05) is 13.8 Å². The fourth-order valence-corrected chi connectivity index (χ4v) is 4.98. The molecule has 100 valence electrons. The summed E-state index contributed by atoms with van der Waals surface area (Å²) in [5, 5.41) is 0. The fraction of sp³-hybridized carbons (Fsp3) is 0.812. The molecular formula is C16H24O2. The van der Waals surface area contributed by atoms with Crippen molar-refractivity contribution in [1.82, 2.24) is 0 Å². The molecule has 4 fully saturated rings. The van der Waals surface area contributed by atoms with Crippen LogP contribution in [0.25, 0.3) is 0 Å². The van der Waals surface area contributed by atoms with Gasteiger partial charge in [-0.25, -0.2) is 4.79 Å². The van der Waals surface area contributed by atoms with Crippen molar-refractivity contribution >= 4 is 5.97 Å². The molecular weight excluding hydrogens is 224 g/mol. The van der Waals surface area contributed by atoms with Gasteiger partial charge in [0.1, 0.15) is 0 Å². The number of hydrogen-bond donors (Lipinski definition) is 0. The lowest BCUT2D eigenvalue weighted by molar-refractivity contribution is -0.146. The molecule has 0 amide bonds. The quantitative estimate of drug-likeness (QED) is 0.562. The van der Waals surface area contributed by atoms with E-state index in [1.165, 1.54) is 38.5 Å². The molecule has 0 atom stereocenters. The Balaban J connectivity index is 1.79. The molecule has 0 aliphatic heterocycles. The van der Waals surface area contributed by atoms with Gasteiger partial charge in [-0.15, -0.1) is 0 Å². The molecule has 0 heterocycles.